The molecule has 1 aliphatic heterocycles. The summed E-state index contributed by atoms with van der Waals surface area (Å²) in [6.45, 7) is 1.73. The van der Waals surface area contributed by atoms with Gasteiger partial charge in [-0.2, -0.15) is 5.26 Å². The molecule has 1 aromatic carbocycles. The fourth-order valence-corrected chi connectivity index (χ4v) is 2.25. The summed E-state index contributed by atoms with van der Waals surface area (Å²) in [5.74, 6) is 0. The van der Waals surface area contributed by atoms with E-state index in [2.05, 4.69) is 11.0 Å². The van der Waals surface area contributed by atoms with Crippen molar-refractivity contribution < 1.29 is 4.74 Å². The van der Waals surface area contributed by atoms with E-state index in [1.165, 1.54) is 0 Å². The molecule has 0 aromatic heterocycles. The maximum atomic E-state index is 8.81. The Bertz CT molecular complexity index is 436. The number of anilines is 1. The van der Waals surface area contributed by atoms with E-state index in [1.54, 1.807) is 6.07 Å². The summed E-state index contributed by atoms with van der Waals surface area (Å²) in [6, 6.07) is 7.56. The van der Waals surface area contributed by atoms with Crippen LogP contribution in [0.25, 0.3) is 0 Å². The molecule has 90 valence electrons. The molecular formula is C13H15ClN2O. The predicted octanol–water partition coefficient (Wildman–Crippen LogP) is 2.83. The number of nitriles is 1. The number of likely N-dealkylation sites (N-methyl/N-ethyl adjacent to an activating group) is 1. The Labute approximate surface area is 107 Å². The zero-order valence-corrected chi connectivity index (χ0v) is 10.6. The molecule has 0 amide bonds. The molecule has 4 heteroatoms. The van der Waals surface area contributed by atoms with Crippen LogP contribution in [0.2, 0.25) is 5.02 Å². The van der Waals surface area contributed by atoms with E-state index in [-0.39, 0.29) is 0 Å². The lowest BCUT2D eigenvalue weighted by atomic mass is 10.2. The van der Waals surface area contributed by atoms with Gasteiger partial charge in [0.1, 0.15) is 6.07 Å². The molecule has 1 fully saturated rings. The second-order valence-corrected chi connectivity index (χ2v) is 4.70. The minimum atomic E-state index is 0.314. The normalized spacial score (nSPS) is 19.0. The quantitative estimate of drug-likeness (QED) is 0.828. The standard InChI is InChI=1S/C13H15ClN2O/c1-16(9-12-3-2-6-17-12)11-5-4-10(8-15)13(14)7-11/h4-5,7,12H,2-3,6,9H2,1H3. The van der Waals surface area contributed by atoms with Crippen LogP contribution in [-0.2, 0) is 4.74 Å². The summed E-state index contributed by atoms with van der Waals surface area (Å²) >= 11 is 6.01. The van der Waals surface area contributed by atoms with Crippen LogP contribution >= 0.6 is 11.6 Å². The minimum absolute atomic E-state index is 0.314. The number of rotatable bonds is 3. The first-order chi connectivity index (χ1) is 8.20. The van der Waals surface area contributed by atoms with Crippen LogP contribution < -0.4 is 4.90 Å². The second-order valence-electron chi connectivity index (χ2n) is 4.29. The summed E-state index contributed by atoms with van der Waals surface area (Å²) in [6.07, 6.45) is 2.58. The van der Waals surface area contributed by atoms with Gasteiger partial charge in [0.2, 0.25) is 0 Å². The van der Waals surface area contributed by atoms with E-state index >= 15 is 0 Å². The van der Waals surface area contributed by atoms with Crippen LogP contribution in [0, 0.1) is 11.3 Å². The number of ether oxygens (including phenoxy) is 1. The summed E-state index contributed by atoms with van der Waals surface area (Å²) in [5.41, 5.74) is 1.53. The molecule has 0 spiro atoms. The molecule has 1 aliphatic rings. The highest BCUT2D eigenvalue weighted by Gasteiger charge is 2.17. The number of hydrogen-bond donors (Lipinski definition) is 0. The Hall–Kier alpha value is -1.24. The van der Waals surface area contributed by atoms with Gasteiger partial charge >= 0.3 is 0 Å². The largest absolute Gasteiger partial charge is 0.376 e. The van der Waals surface area contributed by atoms with Gasteiger partial charge in [0.15, 0.2) is 0 Å². The third-order valence-electron chi connectivity index (χ3n) is 3.02. The molecule has 1 heterocycles. The molecule has 1 saturated heterocycles. The van der Waals surface area contributed by atoms with Crippen molar-refractivity contribution in [3.05, 3.63) is 28.8 Å². The molecular weight excluding hydrogens is 236 g/mol. The number of halogens is 1. The van der Waals surface area contributed by atoms with Gasteiger partial charge < -0.3 is 9.64 Å². The molecule has 17 heavy (non-hydrogen) atoms. The average Bonchev–Trinajstić information content (AvgIpc) is 2.81. The molecule has 0 radical (unpaired) electrons. The van der Waals surface area contributed by atoms with Crippen LogP contribution in [-0.4, -0.2) is 26.3 Å². The van der Waals surface area contributed by atoms with E-state index < -0.39 is 0 Å². The number of benzene rings is 1. The highest BCUT2D eigenvalue weighted by molar-refractivity contribution is 6.32. The Balaban J connectivity index is 2.06. The van der Waals surface area contributed by atoms with Gasteiger partial charge in [-0.25, -0.2) is 0 Å². The maximum Gasteiger partial charge on any atom is 0.101 e. The van der Waals surface area contributed by atoms with Crippen LogP contribution in [0.15, 0.2) is 18.2 Å². The van der Waals surface area contributed by atoms with Gasteiger partial charge in [-0.3, -0.25) is 0 Å². The zero-order chi connectivity index (χ0) is 12.3. The van der Waals surface area contributed by atoms with Gasteiger partial charge in [-0.15, -0.1) is 0 Å². The SMILES string of the molecule is CN(CC1CCCO1)c1ccc(C#N)c(Cl)c1. The molecule has 0 N–H and O–H groups in total. The molecule has 1 atom stereocenters. The molecule has 1 unspecified atom stereocenters. The van der Waals surface area contributed by atoms with Gasteiger partial charge in [0, 0.05) is 25.9 Å². The van der Waals surface area contributed by atoms with Crippen molar-refractivity contribution >= 4 is 17.3 Å². The third kappa shape index (κ3) is 2.91. The lowest BCUT2D eigenvalue weighted by Crippen LogP contribution is -2.28. The van der Waals surface area contributed by atoms with E-state index in [0.717, 1.165) is 31.7 Å². The van der Waals surface area contributed by atoms with Crippen LogP contribution in [0.5, 0.6) is 0 Å². The summed E-state index contributed by atoms with van der Waals surface area (Å²) < 4.78 is 5.59. The lowest BCUT2D eigenvalue weighted by molar-refractivity contribution is 0.116. The highest BCUT2D eigenvalue weighted by atomic mass is 35.5. The van der Waals surface area contributed by atoms with Gasteiger partial charge in [0.05, 0.1) is 16.7 Å². The van der Waals surface area contributed by atoms with Gasteiger partial charge in [-0.05, 0) is 31.0 Å². The first kappa shape index (κ1) is 12.2. The van der Waals surface area contributed by atoms with Crippen LogP contribution in [0.1, 0.15) is 18.4 Å². The van der Waals surface area contributed by atoms with Gasteiger partial charge in [0.25, 0.3) is 0 Å². The monoisotopic (exact) mass is 250 g/mol. The minimum Gasteiger partial charge on any atom is -0.376 e. The Morgan fingerprint density at radius 3 is 3.00 bits per heavy atom. The van der Waals surface area contributed by atoms with Crippen molar-refractivity contribution in [2.75, 3.05) is 25.1 Å². The average molecular weight is 251 g/mol. The van der Waals surface area contributed by atoms with E-state index in [9.17, 15) is 0 Å². The molecule has 0 bridgehead atoms. The van der Waals surface area contributed by atoms with Crippen molar-refractivity contribution in [1.82, 2.24) is 0 Å². The smallest absolute Gasteiger partial charge is 0.101 e. The first-order valence-corrected chi connectivity index (χ1v) is 6.11. The lowest BCUT2D eigenvalue weighted by Gasteiger charge is -2.23. The van der Waals surface area contributed by atoms with Crippen molar-refractivity contribution in [2.45, 2.75) is 18.9 Å². The number of nitrogens with zero attached hydrogens (tertiary/aromatic N) is 2. The van der Waals surface area contributed by atoms with Crippen molar-refractivity contribution in [3.63, 3.8) is 0 Å². The maximum absolute atomic E-state index is 8.81. The fourth-order valence-electron chi connectivity index (χ4n) is 2.03. The predicted molar refractivity (Wildman–Crippen MR) is 68.4 cm³/mol. The van der Waals surface area contributed by atoms with Crippen molar-refractivity contribution in [1.29, 1.82) is 5.26 Å². The van der Waals surface area contributed by atoms with E-state index in [1.807, 2.05) is 19.2 Å². The highest BCUT2D eigenvalue weighted by Crippen LogP contribution is 2.23. The number of hydrogen-bond acceptors (Lipinski definition) is 3. The van der Waals surface area contributed by atoms with Crippen molar-refractivity contribution in [2.24, 2.45) is 0 Å². The third-order valence-corrected chi connectivity index (χ3v) is 3.33. The topological polar surface area (TPSA) is 36.3 Å². The molecule has 0 aliphatic carbocycles. The van der Waals surface area contributed by atoms with Crippen molar-refractivity contribution in [3.8, 4) is 6.07 Å². The molecule has 0 saturated carbocycles. The van der Waals surface area contributed by atoms with E-state index in [0.29, 0.717) is 16.7 Å². The fraction of sp³-hybridized carbons (Fsp3) is 0.462. The Kier molecular flexibility index (Phi) is 3.88. The molecule has 1 aromatic rings. The Morgan fingerprint density at radius 2 is 2.41 bits per heavy atom. The van der Waals surface area contributed by atoms with E-state index in [4.69, 9.17) is 21.6 Å². The summed E-state index contributed by atoms with van der Waals surface area (Å²) in [5, 5.41) is 9.31. The summed E-state index contributed by atoms with van der Waals surface area (Å²) in [7, 11) is 2.01. The van der Waals surface area contributed by atoms with Crippen LogP contribution in [0.4, 0.5) is 5.69 Å². The summed E-state index contributed by atoms with van der Waals surface area (Å²) in [4.78, 5) is 2.11. The molecule has 2 rings (SSSR count). The molecule has 3 nitrogen and oxygen atoms in total. The van der Waals surface area contributed by atoms with Crippen LogP contribution in [0.3, 0.4) is 0 Å². The second kappa shape index (κ2) is 5.39. The Morgan fingerprint density at radius 1 is 1.59 bits per heavy atom. The first-order valence-electron chi connectivity index (χ1n) is 5.73. The zero-order valence-electron chi connectivity index (χ0n) is 9.82. The van der Waals surface area contributed by atoms with Gasteiger partial charge in [-0.1, -0.05) is 11.6 Å².